The summed E-state index contributed by atoms with van der Waals surface area (Å²) in [6, 6.07) is 7.18. The van der Waals surface area contributed by atoms with Gasteiger partial charge in [0.15, 0.2) is 0 Å². The van der Waals surface area contributed by atoms with Crippen LogP contribution in [0.25, 0.3) is 0 Å². The van der Waals surface area contributed by atoms with Gasteiger partial charge in [-0.1, -0.05) is 11.6 Å². The highest BCUT2D eigenvalue weighted by Gasteiger charge is 2.31. The Morgan fingerprint density at radius 3 is 2.46 bits per heavy atom. The molecule has 1 atom stereocenters. The molecule has 1 aromatic carbocycles. The smallest absolute Gasteiger partial charge is 0.251 e. The molecule has 3 rings (SSSR count). The van der Waals surface area contributed by atoms with Crippen LogP contribution in [-0.4, -0.2) is 67.1 Å². The summed E-state index contributed by atoms with van der Waals surface area (Å²) in [5.74, 6) is 0.947. The van der Waals surface area contributed by atoms with Crippen LogP contribution in [0.5, 0.6) is 5.75 Å². The lowest BCUT2D eigenvalue weighted by Gasteiger charge is -2.35. The predicted molar refractivity (Wildman–Crippen MR) is 98.3 cm³/mol. The molecule has 0 spiro atoms. The lowest BCUT2D eigenvalue weighted by molar-refractivity contribution is -0.146. The molecule has 2 saturated heterocycles. The molecule has 0 N–H and O–H groups in total. The number of amides is 2. The Labute approximate surface area is 159 Å². The van der Waals surface area contributed by atoms with Gasteiger partial charge in [-0.05, 0) is 43.5 Å². The van der Waals surface area contributed by atoms with Gasteiger partial charge in [0.25, 0.3) is 5.91 Å². The van der Waals surface area contributed by atoms with Crippen LogP contribution in [0.2, 0.25) is 5.02 Å². The molecule has 2 heterocycles. The molecule has 0 aromatic heterocycles. The minimum Gasteiger partial charge on any atom is -0.494 e. The van der Waals surface area contributed by atoms with Gasteiger partial charge in [-0.25, -0.2) is 0 Å². The molecular formula is C19H25ClN2O4. The van der Waals surface area contributed by atoms with E-state index < -0.39 is 0 Å². The van der Waals surface area contributed by atoms with Crippen molar-refractivity contribution in [3.63, 3.8) is 0 Å². The molecule has 6 nitrogen and oxygen atoms in total. The summed E-state index contributed by atoms with van der Waals surface area (Å²) >= 11 is 5.83. The second-order valence-electron chi connectivity index (χ2n) is 6.61. The van der Waals surface area contributed by atoms with Gasteiger partial charge in [-0.15, -0.1) is 0 Å². The molecule has 26 heavy (non-hydrogen) atoms. The lowest BCUT2D eigenvalue weighted by Crippen LogP contribution is -2.52. The zero-order valence-electron chi connectivity index (χ0n) is 14.9. The number of piperazine rings is 1. The number of benzene rings is 1. The summed E-state index contributed by atoms with van der Waals surface area (Å²) in [7, 11) is 0. The summed E-state index contributed by atoms with van der Waals surface area (Å²) < 4.78 is 11.1. The highest BCUT2D eigenvalue weighted by atomic mass is 35.5. The van der Waals surface area contributed by atoms with Gasteiger partial charge in [0.05, 0.1) is 6.61 Å². The number of carbonyl (C=O) groups excluding carboxylic acids is 2. The molecule has 2 aliphatic rings. The normalized spacial score (nSPS) is 20.3. The molecule has 1 unspecified atom stereocenters. The largest absolute Gasteiger partial charge is 0.494 e. The van der Waals surface area contributed by atoms with Crippen molar-refractivity contribution in [2.75, 3.05) is 39.4 Å². The lowest BCUT2D eigenvalue weighted by atomic mass is 10.2. The minimum absolute atomic E-state index is 0.0750. The molecule has 1 aromatic rings. The third-order valence-electron chi connectivity index (χ3n) is 4.77. The maximum absolute atomic E-state index is 12.3. The number of nitrogens with zero attached hydrogens (tertiary/aromatic N) is 2. The Morgan fingerprint density at radius 2 is 1.81 bits per heavy atom. The van der Waals surface area contributed by atoms with E-state index in [9.17, 15) is 9.59 Å². The Morgan fingerprint density at radius 1 is 1.12 bits per heavy atom. The molecule has 0 bridgehead atoms. The second-order valence-corrected chi connectivity index (χ2v) is 7.05. The van der Waals surface area contributed by atoms with E-state index >= 15 is 0 Å². The van der Waals surface area contributed by atoms with Crippen LogP contribution in [-0.2, 0) is 14.3 Å². The van der Waals surface area contributed by atoms with Crippen molar-refractivity contribution >= 4 is 23.4 Å². The summed E-state index contributed by atoms with van der Waals surface area (Å²) in [6.45, 7) is 3.53. The van der Waals surface area contributed by atoms with E-state index in [1.165, 1.54) is 0 Å². The van der Waals surface area contributed by atoms with Crippen molar-refractivity contribution in [2.24, 2.45) is 0 Å². The van der Waals surface area contributed by atoms with Crippen molar-refractivity contribution < 1.29 is 19.1 Å². The molecule has 2 aliphatic heterocycles. The van der Waals surface area contributed by atoms with E-state index in [-0.39, 0.29) is 17.9 Å². The summed E-state index contributed by atoms with van der Waals surface area (Å²) in [6.07, 6.45) is 2.60. The second kappa shape index (κ2) is 9.24. The number of rotatable bonds is 6. The summed E-state index contributed by atoms with van der Waals surface area (Å²) in [5, 5.41) is 0.671. The van der Waals surface area contributed by atoms with Gasteiger partial charge in [0, 0.05) is 44.2 Å². The Kier molecular flexibility index (Phi) is 6.74. The molecule has 7 heteroatoms. The first-order valence-electron chi connectivity index (χ1n) is 9.20. The van der Waals surface area contributed by atoms with Gasteiger partial charge in [0.1, 0.15) is 11.9 Å². The third-order valence-corrected chi connectivity index (χ3v) is 5.02. The van der Waals surface area contributed by atoms with Crippen LogP contribution in [0, 0.1) is 0 Å². The fourth-order valence-electron chi connectivity index (χ4n) is 3.25. The van der Waals surface area contributed by atoms with Crippen LogP contribution >= 0.6 is 11.6 Å². The zero-order chi connectivity index (χ0) is 18.4. The number of halogens is 1. The Balaban J connectivity index is 1.33. The maximum Gasteiger partial charge on any atom is 0.251 e. The average Bonchev–Trinajstić information content (AvgIpc) is 3.21. The van der Waals surface area contributed by atoms with E-state index in [1.54, 1.807) is 12.1 Å². The van der Waals surface area contributed by atoms with Gasteiger partial charge < -0.3 is 19.3 Å². The first-order valence-corrected chi connectivity index (χ1v) is 9.58. The Bertz CT molecular complexity index is 608. The molecule has 0 aliphatic carbocycles. The van der Waals surface area contributed by atoms with Crippen LogP contribution in [0.3, 0.4) is 0 Å². The SMILES string of the molecule is O=C(CCCOc1ccc(Cl)cc1)N1CCN(C(=O)C2CCCO2)CC1. The van der Waals surface area contributed by atoms with Gasteiger partial charge in [-0.2, -0.15) is 0 Å². The van der Waals surface area contributed by atoms with E-state index in [0.717, 1.165) is 18.6 Å². The van der Waals surface area contributed by atoms with E-state index in [0.29, 0.717) is 57.3 Å². The van der Waals surface area contributed by atoms with Crippen LogP contribution < -0.4 is 4.74 Å². The third kappa shape index (κ3) is 5.11. The number of hydrogen-bond donors (Lipinski definition) is 0. The van der Waals surface area contributed by atoms with E-state index in [1.807, 2.05) is 21.9 Å². The van der Waals surface area contributed by atoms with Crippen molar-refractivity contribution in [1.29, 1.82) is 0 Å². The highest BCUT2D eigenvalue weighted by Crippen LogP contribution is 2.17. The van der Waals surface area contributed by atoms with Crippen molar-refractivity contribution in [1.82, 2.24) is 9.80 Å². The number of hydrogen-bond acceptors (Lipinski definition) is 4. The molecule has 2 fully saturated rings. The molecule has 0 radical (unpaired) electrons. The first kappa shape index (κ1) is 19.0. The monoisotopic (exact) mass is 380 g/mol. The molecule has 2 amide bonds. The Hall–Kier alpha value is -1.79. The standard InChI is InChI=1S/C19H25ClN2O4/c20-15-5-7-16(8-6-15)25-13-2-4-18(23)21-9-11-22(12-10-21)19(24)17-3-1-14-26-17/h5-8,17H,1-4,9-14H2. The van der Waals surface area contributed by atoms with Crippen LogP contribution in [0.15, 0.2) is 24.3 Å². The maximum atomic E-state index is 12.3. The van der Waals surface area contributed by atoms with Gasteiger partial charge in [0.2, 0.25) is 5.91 Å². The predicted octanol–water partition coefficient (Wildman–Crippen LogP) is 2.35. The minimum atomic E-state index is -0.276. The average molecular weight is 381 g/mol. The van der Waals surface area contributed by atoms with E-state index in [2.05, 4.69) is 0 Å². The molecule has 0 saturated carbocycles. The van der Waals surface area contributed by atoms with Gasteiger partial charge in [-0.3, -0.25) is 9.59 Å². The number of carbonyl (C=O) groups is 2. The van der Waals surface area contributed by atoms with Crippen LogP contribution in [0.1, 0.15) is 25.7 Å². The molecular weight excluding hydrogens is 356 g/mol. The van der Waals surface area contributed by atoms with Crippen LogP contribution in [0.4, 0.5) is 0 Å². The van der Waals surface area contributed by atoms with Crippen molar-refractivity contribution in [2.45, 2.75) is 31.8 Å². The topological polar surface area (TPSA) is 59.1 Å². The number of ether oxygens (including phenoxy) is 2. The quantitative estimate of drug-likeness (QED) is 0.711. The highest BCUT2D eigenvalue weighted by molar-refractivity contribution is 6.30. The molecule has 142 valence electrons. The summed E-state index contributed by atoms with van der Waals surface area (Å²) in [5.41, 5.74) is 0. The van der Waals surface area contributed by atoms with Crippen molar-refractivity contribution in [3.05, 3.63) is 29.3 Å². The van der Waals surface area contributed by atoms with Crippen molar-refractivity contribution in [3.8, 4) is 5.75 Å². The fourth-order valence-corrected chi connectivity index (χ4v) is 3.38. The zero-order valence-corrected chi connectivity index (χ0v) is 15.6. The first-order chi connectivity index (χ1) is 12.6. The van der Waals surface area contributed by atoms with E-state index in [4.69, 9.17) is 21.1 Å². The van der Waals surface area contributed by atoms with Gasteiger partial charge >= 0.3 is 0 Å². The fraction of sp³-hybridized carbons (Fsp3) is 0.579. The summed E-state index contributed by atoms with van der Waals surface area (Å²) in [4.78, 5) is 28.3.